The standard InChI is InChI=1S/C24H34N4O2S.HI/c1-25-23(27-17-24(9-12-29)10-13-30-18-24)26-15-21(19-5-3-2-4-6-19)28-11-7-22-20(16-28)8-14-31-22;/h2-6,8,14,21,29H,7,9-13,15-18H2,1H3,(H2,25,26,27);1H. The molecule has 1 fully saturated rings. The molecule has 0 aliphatic carbocycles. The summed E-state index contributed by atoms with van der Waals surface area (Å²) in [5, 5.41) is 18.7. The number of guanidine groups is 1. The number of benzene rings is 1. The molecular weight excluding hydrogens is 535 g/mol. The number of aliphatic hydroxyl groups is 1. The summed E-state index contributed by atoms with van der Waals surface area (Å²) in [6.45, 7) is 5.25. The molecule has 1 aromatic heterocycles. The van der Waals surface area contributed by atoms with Crippen LogP contribution < -0.4 is 10.6 Å². The van der Waals surface area contributed by atoms with E-state index in [9.17, 15) is 5.11 Å². The van der Waals surface area contributed by atoms with E-state index in [1.807, 2.05) is 18.4 Å². The van der Waals surface area contributed by atoms with Crippen molar-refractivity contribution < 1.29 is 9.84 Å². The first-order valence-corrected chi connectivity index (χ1v) is 12.1. The summed E-state index contributed by atoms with van der Waals surface area (Å²) in [4.78, 5) is 8.55. The van der Waals surface area contributed by atoms with Gasteiger partial charge >= 0.3 is 0 Å². The number of rotatable bonds is 8. The molecule has 2 aromatic rings. The third-order valence-corrected chi connectivity index (χ3v) is 7.63. The van der Waals surface area contributed by atoms with Gasteiger partial charge in [0.05, 0.1) is 12.6 Å². The maximum absolute atomic E-state index is 9.48. The minimum Gasteiger partial charge on any atom is -0.396 e. The number of fused-ring (bicyclic) bond motifs is 1. The molecule has 0 bridgehead atoms. The lowest BCUT2D eigenvalue weighted by Crippen LogP contribution is -2.47. The number of aliphatic hydroxyl groups excluding tert-OH is 1. The van der Waals surface area contributed by atoms with Crippen molar-refractivity contribution in [2.24, 2.45) is 10.4 Å². The molecule has 2 aliphatic rings. The third kappa shape index (κ3) is 6.22. The largest absolute Gasteiger partial charge is 0.396 e. The molecule has 3 heterocycles. The lowest BCUT2D eigenvalue weighted by atomic mass is 9.84. The highest BCUT2D eigenvalue weighted by Crippen LogP contribution is 2.32. The molecule has 176 valence electrons. The maximum atomic E-state index is 9.48. The number of nitrogens with zero attached hydrogens (tertiary/aromatic N) is 2. The molecule has 0 amide bonds. The van der Waals surface area contributed by atoms with Gasteiger partial charge in [0, 0.05) is 56.7 Å². The zero-order chi connectivity index (χ0) is 21.5. The van der Waals surface area contributed by atoms with Crippen LogP contribution in [-0.2, 0) is 17.7 Å². The van der Waals surface area contributed by atoms with Gasteiger partial charge in [0.2, 0.25) is 0 Å². The van der Waals surface area contributed by atoms with Crippen molar-refractivity contribution in [2.75, 3.05) is 46.5 Å². The third-order valence-electron chi connectivity index (χ3n) is 6.61. The van der Waals surface area contributed by atoms with Crippen LogP contribution >= 0.6 is 35.3 Å². The number of ether oxygens (including phenoxy) is 1. The minimum absolute atomic E-state index is 0. The zero-order valence-electron chi connectivity index (χ0n) is 18.8. The fourth-order valence-electron chi connectivity index (χ4n) is 4.67. The highest BCUT2D eigenvalue weighted by atomic mass is 127. The smallest absolute Gasteiger partial charge is 0.191 e. The van der Waals surface area contributed by atoms with Gasteiger partial charge in [-0.1, -0.05) is 30.3 Å². The summed E-state index contributed by atoms with van der Waals surface area (Å²) in [5.74, 6) is 0.804. The van der Waals surface area contributed by atoms with Crippen molar-refractivity contribution in [3.05, 3.63) is 57.8 Å². The molecule has 4 rings (SSSR count). The molecule has 0 saturated carbocycles. The van der Waals surface area contributed by atoms with E-state index in [1.54, 1.807) is 0 Å². The predicted octanol–water partition coefficient (Wildman–Crippen LogP) is 3.42. The summed E-state index contributed by atoms with van der Waals surface area (Å²) in [6, 6.07) is 13.3. The van der Waals surface area contributed by atoms with Crippen molar-refractivity contribution >= 4 is 41.3 Å². The second-order valence-electron chi connectivity index (χ2n) is 8.60. The van der Waals surface area contributed by atoms with Crippen LogP contribution in [0.25, 0.3) is 0 Å². The monoisotopic (exact) mass is 570 g/mol. The van der Waals surface area contributed by atoms with Gasteiger partial charge in [-0.15, -0.1) is 35.3 Å². The number of hydrogen-bond donors (Lipinski definition) is 3. The molecule has 0 spiro atoms. The number of thiophene rings is 1. The molecule has 3 N–H and O–H groups in total. The fourth-order valence-corrected chi connectivity index (χ4v) is 5.56. The molecule has 2 atom stereocenters. The van der Waals surface area contributed by atoms with E-state index < -0.39 is 0 Å². The number of nitrogens with one attached hydrogen (secondary N) is 2. The quantitative estimate of drug-likeness (QED) is 0.258. The summed E-state index contributed by atoms with van der Waals surface area (Å²) in [6.07, 6.45) is 2.84. The zero-order valence-corrected chi connectivity index (χ0v) is 21.9. The molecule has 0 radical (unpaired) electrons. The first-order chi connectivity index (χ1) is 15.2. The van der Waals surface area contributed by atoms with Crippen molar-refractivity contribution in [1.82, 2.24) is 15.5 Å². The summed E-state index contributed by atoms with van der Waals surface area (Å²) < 4.78 is 5.62. The Hall–Kier alpha value is -1.20. The Bertz CT molecular complexity index is 855. The van der Waals surface area contributed by atoms with Gasteiger partial charge in [0.1, 0.15) is 0 Å². The minimum atomic E-state index is -0.00653. The molecule has 6 nitrogen and oxygen atoms in total. The highest BCUT2D eigenvalue weighted by Gasteiger charge is 2.34. The van der Waals surface area contributed by atoms with E-state index in [-0.39, 0.29) is 42.0 Å². The number of hydrogen-bond acceptors (Lipinski definition) is 5. The Morgan fingerprint density at radius 1 is 1.28 bits per heavy atom. The number of halogens is 1. The molecule has 2 aliphatic heterocycles. The van der Waals surface area contributed by atoms with Crippen LogP contribution in [0.3, 0.4) is 0 Å². The van der Waals surface area contributed by atoms with Crippen LogP contribution in [0.4, 0.5) is 0 Å². The average Bonchev–Trinajstić information content (AvgIpc) is 3.46. The highest BCUT2D eigenvalue weighted by molar-refractivity contribution is 14.0. The van der Waals surface area contributed by atoms with Crippen LogP contribution in [-0.4, -0.2) is 62.5 Å². The van der Waals surface area contributed by atoms with Gasteiger partial charge < -0.3 is 20.5 Å². The van der Waals surface area contributed by atoms with E-state index in [0.717, 1.165) is 58.0 Å². The topological polar surface area (TPSA) is 69.1 Å². The molecule has 1 aromatic carbocycles. The van der Waals surface area contributed by atoms with Crippen molar-refractivity contribution in [3.63, 3.8) is 0 Å². The lowest BCUT2D eigenvalue weighted by Gasteiger charge is -2.35. The Morgan fingerprint density at radius 2 is 2.12 bits per heavy atom. The van der Waals surface area contributed by atoms with Gasteiger partial charge in [-0.3, -0.25) is 9.89 Å². The van der Waals surface area contributed by atoms with Gasteiger partial charge in [-0.05, 0) is 41.8 Å². The normalized spacial score (nSPS) is 22.1. The SMILES string of the molecule is CN=C(NCC(c1ccccc1)N1CCc2sccc2C1)NCC1(CCO)CCOC1.I. The second kappa shape index (κ2) is 12.3. The van der Waals surface area contributed by atoms with E-state index in [2.05, 4.69) is 62.3 Å². The van der Waals surface area contributed by atoms with Crippen LogP contribution in [0, 0.1) is 5.41 Å². The average molecular weight is 571 g/mol. The van der Waals surface area contributed by atoms with E-state index >= 15 is 0 Å². The van der Waals surface area contributed by atoms with Crippen LogP contribution in [0.1, 0.15) is 34.9 Å². The Balaban J connectivity index is 0.00000289. The van der Waals surface area contributed by atoms with Gasteiger partial charge in [-0.25, -0.2) is 0 Å². The van der Waals surface area contributed by atoms with E-state index in [0.29, 0.717) is 6.61 Å². The summed E-state index contributed by atoms with van der Waals surface area (Å²) in [5.41, 5.74) is 2.78. The lowest BCUT2D eigenvalue weighted by molar-refractivity contribution is 0.127. The van der Waals surface area contributed by atoms with Gasteiger partial charge in [0.25, 0.3) is 0 Å². The first kappa shape index (κ1) is 25.4. The van der Waals surface area contributed by atoms with Gasteiger partial charge in [-0.2, -0.15) is 0 Å². The van der Waals surface area contributed by atoms with Crippen LogP contribution in [0.2, 0.25) is 0 Å². The molecule has 32 heavy (non-hydrogen) atoms. The Kier molecular flexibility index (Phi) is 9.78. The molecule has 2 unspecified atom stereocenters. The summed E-state index contributed by atoms with van der Waals surface area (Å²) in [7, 11) is 1.81. The van der Waals surface area contributed by atoms with Crippen molar-refractivity contribution in [2.45, 2.75) is 31.8 Å². The molecule has 1 saturated heterocycles. The molecular formula is C24H35IN4O2S. The van der Waals surface area contributed by atoms with E-state index in [4.69, 9.17) is 4.74 Å². The first-order valence-electron chi connectivity index (χ1n) is 11.2. The second-order valence-corrected chi connectivity index (χ2v) is 9.60. The Labute approximate surface area is 212 Å². The van der Waals surface area contributed by atoms with Gasteiger partial charge in [0.15, 0.2) is 5.96 Å². The Morgan fingerprint density at radius 3 is 2.84 bits per heavy atom. The van der Waals surface area contributed by atoms with Crippen molar-refractivity contribution in [1.29, 1.82) is 0 Å². The number of aliphatic imine (C=N–C) groups is 1. The van der Waals surface area contributed by atoms with E-state index in [1.165, 1.54) is 16.0 Å². The van der Waals surface area contributed by atoms with Crippen LogP contribution in [0.5, 0.6) is 0 Å². The maximum Gasteiger partial charge on any atom is 0.191 e. The van der Waals surface area contributed by atoms with Crippen LogP contribution in [0.15, 0.2) is 46.8 Å². The summed E-state index contributed by atoms with van der Waals surface area (Å²) >= 11 is 1.88. The van der Waals surface area contributed by atoms with Crippen molar-refractivity contribution in [3.8, 4) is 0 Å². The fraction of sp³-hybridized carbons (Fsp3) is 0.542. The molecule has 8 heteroatoms. The predicted molar refractivity (Wildman–Crippen MR) is 142 cm³/mol.